The molecule has 0 bridgehead atoms. The van der Waals surface area contributed by atoms with Crippen LogP contribution in [0.4, 0.5) is 0 Å². The third-order valence-corrected chi connectivity index (χ3v) is 12.7. The normalized spacial score (nSPS) is 9.94. The van der Waals surface area contributed by atoms with Crippen LogP contribution in [0.2, 0.25) is 0 Å². The van der Waals surface area contributed by atoms with Crippen LogP contribution in [0.15, 0.2) is 223 Å². The van der Waals surface area contributed by atoms with Gasteiger partial charge in [-0.3, -0.25) is 0 Å². The molecule has 2 nitrogen and oxygen atoms in total. The number of benzene rings is 6. The summed E-state index contributed by atoms with van der Waals surface area (Å²) in [5.41, 5.74) is 14.2. The van der Waals surface area contributed by atoms with Gasteiger partial charge in [0.1, 0.15) is 0 Å². The van der Waals surface area contributed by atoms with Gasteiger partial charge in [0.05, 0.1) is 4.90 Å². The van der Waals surface area contributed by atoms with E-state index in [2.05, 4.69) is 214 Å². The second kappa shape index (κ2) is 75.9. The van der Waals surface area contributed by atoms with Crippen molar-refractivity contribution in [2.45, 2.75) is 165 Å². The first-order chi connectivity index (χ1) is 34.7. The van der Waals surface area contributed by atoms with Gasteiger partial charge in [0.2, 0.25) is 0 Å². The Hall–Kier alpha value is 0.853. The molecule has 1 saturated carbocycles. The molecule has 8 rings (SSSR count). The SMILES string of the molecule is C.C=C(C)C.C=C(C)CC.C=C(C)CCC1c2ccccc2-c2ccccc21.C=C([CH2-])C.CC.CC(c1ccccc1)(c1ccccc1)c1ccccc1.CC1CCCCC1.CCC.CS(=O)(=O)c1ccccc1.[CH3-].[CH3-].[CH3-].[CH3-].[CH3-].[W].[W].[W].[W].[W].[Y].[Y].[Y]. The van der Waals surface area contributed by atoms with E-state index in [1.807, 2.05) is 41.5 Å². The van der Waals surface area contributed by atoms with E-state index in [-0.39, 0.29) is 253 Å². The molecule has 6 aromatic carbocycles. The Bertz CT molecular complexity index is 2380. The second-order valence-corrected chi connectivity index (χ2v) is 21.5. The average molecular weight is 2280 g/mol. The van der Waals surface area contributed by atoms with Crippen molar-refractivity contribution in [3.63, 3.8) is 0 Å². The van der Waals surface area contributed by atoms with Crippen LogP contribution in [0.1, 0.15) is 182 Å². The van der Waals surface area contributed by atoms with Crippen LogP contribution < -0.4 is 0 Å². The van der Waals surface area contributed by atoms with Gasteiger partial charge in [0.15, 0.2) is 9.84 Å². The molecule has 0 aliphatic heterocycles. The zero-order valence-corrected chi connectivity index (χ0v) is 80.7. The van der Waals surface area contributed by atoms with Gasteiger partial charge in [-0.15, -0.1) is 19.7 Å². The summed E-state index contributed by atoms with van der Waals surface area (Å²) < 4.78 is 21.7. The third-order valence-electron chi connectivity index (χ3n) is 11.5. The Morgan fingerprint density at radius 3 is 0.954 bits per heavy atom. The summed E-state index contributed by atoms with van der Waals surface area (Å²) in [6.07, 6.45) is 13.3. The minimum absolute atomic E-state index is 0. The maximum Gasteiger partial charge on any atom is 0.175 e. The Labute approximate surface area is 689 Å². The van der Waals surface area contributed by atoms with Gasteiger partial charge in [0, 0.05) is 221 Å². The van der Waals surface area contributed by atoms with Crippen molar-refractivity contribution in [3.8, 4) is 11.1 Å². The topological polar surface area (TPSA) is 34.1 Å². The molecule has 0 spiro atoms. The van der Waals surface area contributed by atoms with Gasteiger partial charge in [0.25, 0.3) is 0 Å². The van der Waals surface area contributed by atoms with Crippen molar-refractivity contribution in [2.75, 3.05) is 6.26 Å². The maximum absolute atomic E-state index is 10.8. The zero-order valence-electron chi connectivity index (χ0n) is 56.7. The average Bonchev–Trinajstić information content (AvgIpc) is 3.71. The monoisotopic (exact) mass is 2280 g/mol. The number of rotatable bonds is 8. The summed E-state index contributed by atoms with van der Waals surface area (Å²) in [6.45, 7) is 43.1. The fourth-order valence-electron chi connectivity index (χ4n) is 7.75. The van der Waals surface area contributed by atoms with E-state index < -0.39 is 9.84 Å². The zero-order chi connectivity index (χ0) is 55.2. The Balaban J connectivity index is -0.0000000550. The summed E-state index contributed by atoms with van der Waals surface area (Å²) >= 11 is 0. The van der Waals surface area contributed by atoms with Crippen LogP contribution in [-0.2, 0) is 219 Å². The smallest absolute Gasteiger partial charge is 0.175 e. The summed E-state index contributed by atoms with van der Waals surface area (Å²) in [5, 5.41) is 0. The molecule has 3 radical (unpaired) electrons. The molecule has 87 heavy (non-hydrogen) atoms. The predicted octanol–water partition coefficient (Wildman–Crippen LogP) is 24.1. The van der Waals surface area contributed by atoms with E-state index in [1.54, 1.807) is 30.3 Å². The van der Waals surface area contributed by atoms with Crippen LogP contribution in [0.5, 0.6) is 0 Å². The van der Waals surface area contributed by atoms with Gasteiger partial charge in [-0.2, -0.15) is 0 Å². The molecule has 0 heterocycles. The van der Waals surface area contributed by atoms with Crippen molar-refractivity contribution < 1.29 is 212 Å². The van der Waals surface area contributed by atoms with E-state index >= 15 is 0 Å². The largest absolute Gasteiger partial charge is 0.358 e. The summed E-state index contributed by atoms with van der Waals surface area (Å²) in [4.78, 5) is 0.370. The van der Waals surface area contributed by atoms with Crippen molar-refractivity contribution in [2.24, 2.45) is 5.92 Å². The molecule has 0 amide bonds. The third kappa shape index (κ3) is 55.8. The molecule has 2 aliphatic carbocycles. The van der Waals surface area contributed by atoms with Crippen molar-refractivity contribution >= 4 is 9.84 Å². The van der Waals surface area contributed by atoms with Gasteiger partial charge < -0.3 is 37.1 Å². The minimum atomic E-state index is -3.00. The molecule has 2 aliphatic rings. The van der Waals surface area contributed by atoms with E-state index in [0.29, 0.717) is 10.8 Å². The number of fused-ring (bicyclic) bond motifs is 3. The standard InChI is InChI=1S/C20H18.C18H18.C7H8O2S.C7H14.C5H10.C4H8.C4H7.C3H8.C2H6.CH4.5CH3.5W.3Y/c1-20(17-11-5-2-6-12-17,18-13-7-3-8-14-18)19-15-9-4-10-16-19;1-13(2)11-12-18-16-9-5-3-7-14(16)15-8-4-6-10-17(15)18;1-10(8,9)7-5-3-2-4-6-7;1-7-5-3-2-4-6-7;1-4-5(2)3;2*1-4(2)3;1-3-2;1-2;;;;;;;;;;;;;;/h2-16H,1H3;3-10,18H,1,11-12H2,2H3;2-6H,1H3;7H,2-6H2,1H3;2,4H2,1,3H3;1H2,2-3H3;1-2H2,3H3;3H2,1-2H3;1-2H3;1H4;5*1H3;;;;;;;;/q;;;;;;-1;;;;5*-1;;;;;;;;. The molecule has 1 fully saturated rings. The van der Waals surface area contributed by atoms with Crippen molar-refractivity contribution in [1.29, 1.82) is 0 Å². The minimum Gasteiger partial charge on any atom is -0.358 e. The number of sulfone groups is 1. The molecule has 0 atom stereocenters. The Morgan fingerprint density at radius 1 is 0.506 bits per heavy atom. The summed E-state index contributed by atoms with van der Waals surface area (Å²) in [7, 11) is -3.00. The van der Waals surface area contributed by atoms with E-state index in [9.17, 15) is 8.42 Å². The van der Waals surface area contributed by atoms with Crippen molar-refractivity contribution in [1.82, 2.24) is 0 Å². The fourth-order valence-corrected chi connectivity index (χ4v) is 8.40. The number of hydrogen-bond donors (Lipinski definition) is 0. The van der Waals surface area contributed by atoms with Crippen molar-refractivity contribution in [3.05, 3.63) is 290 Å². The first-order valence-electron chi connectivity index (χ1n) is 26.7. The Morgan fingerprint density at radius 2 is 0.747 bits per heavy atom. The van der Waals surface area contributed by atoms with E-state index in [0.717, 1.165) is 24.3 Å². The molecule has 0 saturated heterocycles. The van der Waals surface area contributed by atoms with Gasteiger partial charge in [-0.1, -0.05) is 269 Å². The summed E-state index contributed by atoms with van der Waals surface area (Å²) in [6, 6.07) is 58.1. The number of allylic oxidation sites excluding steroid dienone is 4. The first kappa shape index (κ1) is 125. The van der Waals surface area contributed by atoms with Gasteiger partial charge in [-0.05, 0) is 111 Å². The second-order valence-electron chi connectivity index (χ2n) is 19.5. The first-order valence-corrected chi connectivity index (χ1v) is 28.6. The molecular formula is C76H116O2SW5Y3-6. The van der Waals surface area contributed by atoms with E-state index in [4.69, 9.17) is 0 Å². The van der Waals surface area contributed by atoms with E-state index in [1.165, 1.54) is 107 Å². The molecule has 483 valence electrons. The van der Waals surface area contributed by atoms with Crippen LogP contribution in [0, 0.1) is 50.0 Å². The Kier molecular flexibility index (Phi) is 109. The van der Waals surface area contributed by atoms with Crippen LogP contribution in [-0.4, -0.2) is 14.7 Å². The number of hydrogen-bond acceptors (Lipinski definition) is 2. The van der Waals surface area contributed by atoms with Gasteiger partial charge in [-0.25, -0.2) is 27.5 Å². The fraction of sp³-hybridized carbons (Fsp3) is 0.342. The molecule has 6 aromatic rings. The molecule has 11 heteroatoms. The predicted molar refractivity (Wildman–Crippen MR) is 366 cm³/mol. The van der Waals surface area contributed by atoms with Gasteiger partial charge >= 0.3 is 0 Å². The van der Waals surface area contributed by atoms with Crippen LogP contribution >= 0.6 is 0 Å². The molecular weight excluding hydrogens is 2160 g/mol. The summed E-state index contributed by atoms with van der Waals surface area (Å²) in [5.74, 6) is 1.59. The quantitative estimate of drug-likeness (QED) is 0.0865. The molecule has 0 aromatic heterocycles. The molecule has 0 unspecified atom stereocenters. The van der Waals surface area contributed by atoms with Crippen LogP contribution in [0.25, 0.3) is 11.1 Å². The maximum atomic E-state index is 10.8. The van der Waals surface area contributed by atoms with Crippen LogP contribution in [0.3, 0.4) is 0 Å². The molecule has 0 N–H and O–H groups in total.